The van der Waals surface area contributed by atoms with Crippen molar-refractivity contribution in [3.05, 3.63) is 48.0 Å². The molecule has 2 fully saturated rings. The van der Waals surface area contributed by atoms with Gasteiger partial charge < -0.3 is 14.8 Å². The number of anilines is 1. The van der Waals surface area contributed by atoms with Crippen molar-refractivity contribution in [1.82, 2.24) is 10.2 Å². The number of rotatable bonds is 4. The Bertz CT molecular complexity index is 1090. The number of hydrogen-bond acceptors (Lipinski definition) is 6. The molecule has 6 heteroatoms. The van der Waals surface area contributed by atoms with Crippen LogP contribution in [0.1, 0.15) is 18.4 Å². The molecule has 5 rings (SSSR count). The van der Waals surface area contributed by atoms with Crippen molar-refractivity contribution in [1.29, 1.82) is 5.26 Å². The highest BCUT2D eigenvalue weighted by Crippen LogP contribution is 2.40. The maximum atomic E-state index is 9.18. The second-order valence-corrected chi connectivity index (χ2v) is 7.77. The summed E-state index contributed by atoms with van der Waals surface area (Å²) in [5.74, 6) is 2.51. The zero-order chi connectivity index (χ0) is 19.8. The number of nitrogens with zero attached hydrogens (tertiary/aromatic N) is 3. The Balaban J connectivity index is 1.58. The summed E-state index contributed by atoms with van der Waals surface area (Å²) in [6, 6.07) is 16.1. The van der Waals surface area contributed by atoms with Crippen LogP contribution in [0.4, 0.5) is 5.82 Å². The van der Waals surface area contributed by atoms with E-state index in [1.165, 1.54) is 12.8 Å². The topological polar surface area (TPSA) is 80.1 Å². The Morgan fingerprint density at radius 1 is 1.07 bits per heavy atom. The number of fused-ring (bicyclic) bond motifs is 3. The summed E-state index contributed by atoms with van der Waals surface area (Å²) in [6.07, 6.45) is 2.41. The Morgan fingerprint density at radius 2 is 1.83 bits per heavy atom. The predicted octanol–water partition coefficient (Wildman–Crippen LogP) is 4.01. The second-order valence-electron chi connectivity index (χ2n) is 7.77. The van der Waals surface area contributed by atoms with Gasteiger partial charge in [0.25, 0.3) is 0 Å². The maximum Gasteiger partial charge on any atom is 0.156 e. The van der Waals surface area contributed by atoms with Gasteiger partial charge in [0.15, 0.2) is 5.82 Å². The first-order valence-corrected chi connectivity index (χ1v) is 9.96. The molecule has 0 radical (unpaired) electrons. The molecule has 1 N–H and O–H groups in total. The quantitative estimate of drug-likeness (QED) is 0.730. The molecule has 146 valence electrons. The van der Waals surface area contributed by atoms with Crippen molar-refractivity contribution in [2.75, 3.05) is 25.6 Å². The van der Waals surface area contributed by atoms with E-state index in [2.05, 4.69) is 33.7 Å². The van der Waals surface area contributed by atoms with Crippen molar-refractivity contribution in [2.24, 2.45) is 11.8 Å². The SMILES string of the molecule is COc1cc(C#N)ccc1-c1nnc(NC2C3CCC2COC3)c2ccccc12. The van der Waals surface area contributed by atoms with Crippen LogP contribution in [-0.2, 0) is 4.74 Å². The molecule has 1 aliphatic carbocycles. The van der Waals surface area contributed by atoms with Crippen LogP contribution >= 0.6 is 0 Å². The Morgan fingerprint density at radius 3 is 2.55 bits per heavy atom. The summed E-state index contributed by atoms with van der Waals surface area (Å²) in [5, 5.41) is 24.0. The highest BCUT2D eigenvalue weighted by Gasteiger charge is 2.40. The predicted molar refractivity (Wildman–Crippen MR) is 111 cm³/mol. The van der Waals surface area contributed by atoms with Crippen LogP contribution in [0.3, 0.4) is 0 Å². The molecule has 1 aliphatic heterocycles. The minimum atomic E-state index is 0.386. The Labute approximate surface area is 169 Å². The van der Waals surface area contributed by atoms with Crippen molar-refractivity contribution in [3.63, 3.8) is 0 Å². The number of methoxy groups -OCH3 is 1. The van der Waals surface area contributed by atoms with Crippen molar-refractivity contribution in [2.45, 2.75) is 18.9 Å². The molecule has 2 heterocycles. The molecule has 2 unspecified atom stereocenters. The van der Waals surface area contributed by atoms with Gasteiger partial charge in [0, 0.05) is 34.2 Å². The third-order valence-electron chi connectivity index (χ3n) is 6.16. The summed E-state index contributed by atoms with van der Waals surface area (Å²) >= 11 is 0. The zero-order valence-corrected chi connectivity index (χ0v) is 16.3. The van der Waals surface area contributed by atoms with Gasteiger partial charge in [0.2, 0.25) is 0 Å². The summed E-state index contributed by atoms with van der Waals surface area (Å²) in [5.41, 5.74) is 2.13. The fraction of sp³-hybridized carbons (Fsp3) is 0.348. The molecule has 1 saturated carbocycles. The van der Waals surface area contributed by atoms with Crippen LogP contribution in [0.15, 0.2) is 42.5 Å². The summed E-state index contributed by atoms with van der Waals surface area (Å²) in [7, 11) is 1.60. The van der Waals surface area contributed by atoms with E-state index in [0.717, 1.165) is 41.1 Å². The number of hydrogen-bond donors (Lipinski definition) is 1. The van der Waals surface area contributed by atoms with Gasteiger partial charge in [-0.1, -0.05) is 24.3 Å². The van der Waals surface area contributed by atoms with E-state index in [0.29, 0.717) is 29.2 Å². The van der Waals surface area contributed by atoms with Crippen LogP contribution < -0.4 is 10.1 Å². The number of nitrogens with one attached hydrogen (secondary N) is 1. The third kappa shape index (κ3) is 3.08. The summed E-state index contributed by atoms with van der Waals surface area (Å²) < 4.78 is 11.3. The van der Waals surface area contributed by atoms with E-state index in [1.54, 1.807) is 19.2 Å². The highest BCUT2D eigenvalue weighted by molar-refractivity contribution is 6.01. The monoisotopic (exact) mass is 386 g/mol. The molecule has 29 heavy (non-hydrogen) atoms. The molecular weight excluding hydrogens is 364 g/mol. The zero-order valence-electron chi connectivity index (χ0n) is 16.3. The first-order valence-electron chi connectivity index (χ1n) is 9.96. The Kier molecular flexibility index (Phi) is 4.53. The van der Waals surface area contributed by atoms with Crippen LogP contribution in [0, 0.1) is 23.2 Å². The van der Waals surface area contributed by atoms with Crippen LogP contribution in [-0.4, -0.2) is 36.6 Å². The van der Waals surface area contributed by atoms with E-state index in [-0.39, 0.29) is 0 Å². The average molecular weight is 386 g/mol. The number of nitriles is 1. The fourth-order valence-electron chi connectivity index (χ4n) is 4.68. The first-order chi connectivity index (χ1) is 14.3. The lowest BCUT2D eigenvalue weighted by Crippen LogP contribution is -2.39. The fourth-order valence-corrected chi connectivity index (χ4v) is 4.68. The van der Waals surface area contributed by atoms with Crippen LogP contribution in [0.5, 0.6) is 5.75 Å². The van der Waals surface area contributed by atoms with Gasteiger partial charge in [-0.05, 0) is 31.0 Å². The minimum absolute atomic E-state index is 0.386. The number of benzene rings is 2. The Hall–Kier alpha value is -3.17. The van der Waals surface area contributed by atoms with E-state index in [4.69, 9.17) is 9.47 Å². The molecule has 2 bridgehead atoms. The molecule has 0 amide bonds. The van der Waals surface area contributed by atoms with Gasteiger partial charge in [-0.25, -0.2) is 0 Å². The number of aromatic nitrogens is 2. The highest BCUT2D eigenvalue weighted by atomic mass is 16.5. The third-order valence-corrected chi connectivity index (χ3v) is 6.16. The lowest BCUT2D eigenvalue weighted by molar-refractivity contribution is 0.0392. The van der Waals surface area contributed by atoms with Gasteiger partial charge in [-0.15, -0.1) is 10.2 Å². The normalized spacial score (nSPS) is 23.0. The standard InChI is InChI=1S/C23H22N4O2/c1-28-20-10-14(11-24)6-9-19(20)22-17-4-2-3-5-18(17)23(27-26-22)25-21-15-7-8-16(21)13-29-12-15/h2-6,9-10,15-16,21H,7-8,12-13H2,1H3,(H,25,27). The van der Waals surface area contributed by atoms with Gasteiger partial charge >= 0.3 is 0 Å². The average Bonchev–Trinajstić information content (AvgIpc) is 2.98. The molecule has 0 spiro atoms. The lowest BCUT2D eigenvalue weighted by Gasteiger charge is -2.31. The van der Waals surface area contributed by atoms with Gasteiger partial charge in [0.05, 0.1) is 32.0 Å². The van der Waals surface area contributed by atoms with Gasteiger partial charge in [0.1, 0.15) is 11.4 Å². The van der Waals surface area contributed by atoms with E-state index >= 15 is 0 Å². The minimum Gasteiger partial charge on any atom is -0.496 e. The first kappa shape index (κ1) is 17.9. The molecule has 3 aromatic rings. The van der Waals surface area contributed by atoms with Crippen LogP contribution in [0.25, 0.3) is 22.0 Å². The molecule has 1 saturated heterocycles. The van der Waals surface area contributed by atoms with Gasteiger partial charge in [-0.3, -0.25) is 0 Å². The van der Waals surface area contributed by atoms with Crippen molar-refractivity contribution in [3.8, 4) is 23.1 Å². The van der Waals surface area contributed by atoms with E-state index in [9.17, 15) is 5.26 Å². The van der Waals surface area contributed by atoms with E-state index < -0.39 is 0 Å². The maximum absolute atomic E-state index is 9.18. The molecule has 2 aliphatic rings. The molecule has 6 nitrogen and oxygen atoms in total. The molecule has 2 aromatic carbocycles. The number of ether oxygens (including phenoxy) is 2. The van der Waals surface area contributed by atoms with E-state index in [1.807, 2.05) is 18.2 Å². The summed E-state index contributed by atoms with van der Waals surface area (Å²) in [6.45, 7) is 1.64. The van der Waals surface area contributed by atoms with Crippen LogP contribution in [0.2, 0.25) is 0 Å². The molecular formula is C23H22N4O2. The molecule has 1 aromatic heterocycles. The van der Waals surface area contributed by atoms with Gasteiger partial charge in [-0.2, -0.15) is 5.26 Å². The smallest absolute Gasteiger partial charge is 0.156 e. The largest absolute Gasteiger partial charge is 0.496 e. The van der Waals surface area contributed by atoms with Crippen molar-refractivity contribution >= 4 is 16.6 Å². The second kappa shape index (κ2) is 7.34. The van der Waals surface area contributed by atoms with Crippen molar-refractivity contribution < 1.29 is 9.47 Å². The molecule has 2 atom stereocenters. The lowest BCUT2D eigenvalue weighted by atomic mass is 9.96. The summed E-state index contributed by atoms with van der Waals surface area (Å²) in [4.78, 5) is 0.